The molecule has 0 amide bonds. The van der Waals surface area contributed by atoms with E-state index in [1.165, 1.54) is 22.6 Å². The van der Waals surface area contributed by atoms with E-state index in [9.17, 15) is 13.5 Å². The fourth-order valence-electron chi connectivity index (χ4n) is 1.89. The van der Waals surface area contributed by atoms with Gasteiger partial charge in [-0.05, 0) is 25.0 Å². The summed E-state index contributed by atoms with van der Waals surface area (Å²) in [5, 5.41) is 18.1. The van der Waals surface area contributed by atoms with Crippen molar-refractivity contribution in [1.29, 1.82) is 5.26 Å². The van der Waals surface area contributed by atoms with Crippen LogP contribution in [0, 0.1) is 11.3 Å². The third-order valence-corrected chi connectivity index (χ3v) is 4.70. The number of nitrogens with zero attached hydrogens (tertiary/aromatic N) is 3. The molecule has 1 atom stereocenters. The number of aliphatic hydroxyl groups excluding tert-OH is 1. The first-order chi connectivity index (χ1) is 8.54. The van der Waals surface area contributed by atoms with Crippen molar-refractivity contribution in [1.82, 2.24) is 9.29 Å². The van der Waals surface area contributed by atoms with Crippen molar-refractivity contribution in [3.05, 3.63) is 24.0 Å². The minimum atomic E-state index is -3.62. The third-order valence-electron chi connectivity index (χ3n) is 2.85. The van der Waals surface area contributed by atoms with Crippen LogP contribution in [-0.4, -0.2) is 42.0 Å². The Morgan fingerprint density at radius 2 is 2.28 bits per heavy atom. The topological polar surface area (TPSA) is 94.3 Å². The van der Waals surface area contributed by atoms with Crippen LogP contribution in [0.1, 0.15) is 18.5 Å². The summed E-state index contributed by atoms with van der Waals surface area (Å²) >= 11 is 0. The van der Waals surface area contributed by atoms with E-state index in [4.69, 9.17) is 5.26 Å². The highest BCUT2D eigenvalue weighted by Crippen LogP contribution is 2.20. The molecule has 0 bridgehead atoms. The van der Waals surface area contributed by atoms with Crippen molar-refractivity contribution >= 4 is 10.0 Å². The van der Waals surface area contributed by atoms with E-state index in [-0.39, 0.29) is 17.1 Å². The smallest absolute Gasteiger partial charge is 0.244 e. The highest BCUT2D eigenvalue weighted by Gasteiger charge is 2.29. The summed E-state index contributed by atoms with van der Waals surface area (Å²) in [5.41, 5.74) is 0.174. The van der Waals surface area contributed by atoms with Crippen molar-refractivity contribution in [2.75, 3.05) is 13.1 Å². The van der Waals surface area contributed by atoms with Gasteiger partial charge < -0.3 is 5.11 Å². The predicted octanol–water partition coefficient (Wildman–Crippen LogP) is 0.0987. The standard InChI is InChI=1S/C11H13N3O3S/c12-6-9-3-4-11(7-13-9)18(16,17)14-5-1-2-10(15)8-14/h3-4,7,10,15H,1-2,5,8H2. The van der Waals surface area contributed by atoms with Gasteiger partial charge in [-0.25, -0.2) is 13.4 Å². The molecule has 0 aromatic carbocycles. The predicted molar refractivity (Wildman–Crippen MR) is 63.0 cm³/mol. The van der Waals surface area contributed by atoms with Crippen LogP contribution in [0.25, 0.3) is 0 Å². The maximum atomic E-state index is 12.2. The fraction of sp³-hybridized carbons (Fsp3) is 0.455. The molecule has 1 aromatic heterocycles. The van der Waals surface area contributed by atoms with Crippen LogP contribution in [-0.2, 0) is 10.0 Å². The summed E-state index contributed by atoms with van der Waals surface area (Å²) in [7, 11) is -3.62. The fourth-order valence-corrected chi connectivity index (χ4v) is 3.35. The van der Waals surface area contributed by atoms with Crippen LogP contribution >= 0.6 is 0 Å². The van der Waals surface area contributed by atoms with E-state index in [2.05, 4.69) is 4.98 Å². The number of sulfonamides is 1. The first kappa shape index (κ1) is 13.0. The van der Waals surface area contributed by atoms with Crippen LogP contribution < -0.4 is 0 Å². The molecular weight excluding hydrogens is 254 g/mol. The average molecular weight is 267 g/mol. The lowest BCUT2D eigenvalue weighted by Crippen LogP contribution is -2.42. The van der Waals surface area contributed by atoms with Crippen molar-refractivity contribution < 1.29 is 13.5 Å². The SMILES string of the molecule is N#Cc1ccc(S(=O)(=O)N2CCCC(O)C2)cn1. The van der Waals surface area contributed by atoms with Gasteiger partial charge in [-0.15, -0.1) is 0 Å². The number of hydrogen-bond donors (Lipinski definition) is 1. The molecule has 1 aliphatic rings. The molecule has 96 valence electrons. The molecule has 18 heavy (non-hydrogen) atoms. The van der Waals surface area contributed by atoms with E-state index in [0.29, 0.717) is 19.4 Å². The molecule has 2 heterocycles. The number of rotatable bonds is 2. The Morgan fingerprint density at radius 3 is 2.83 bits per heavy atom. The molecule has 6 nitrogen and oxygen atoms in total. The second-order valence-electron chi connectivity index (χ2n) is 4.15. The summed E-state index contributed by atoms with van der Waals surface area (Å²) < 4.78 is 25.7. The van der Waals surface area contributed by atoms with Gasteiger partial charge in [0.15, 0.2) is 0 Å². The molecule has 2 rings (SSSR count). The first-order valence-electron chi connectivity index (χ1n) is 5.58. The molecule has 1 unspecified atom stereocenters. The second-order valence-corrected chi connectivity index (χ2v) is 6.09. The normalized spacial score (nSPS) is 21.4. The van der Waals surface area contributed by atoms with Gasteiger partial charge in [0.2, 0.25) is 10.0 Å². The highest BCUT2D eigenvalue weighted by molar-refractivity contribution is 7.89. The van der Waals surface area contributed by atoms with Gasteiger partial charge in [-0.2, -0.15) is 9.57 Å². The van der Waals surface area contributed by atoms with Crippen molar-refractivity contribution in [2.45, 2.75) is 23.8 Å². The molecule has 0 spiro atoms. The molecule has 7 heteroatoms. The van der Waals surface area contributed by atoms with Crippen molar-refractivity contribution in [2.24, 2.45) is 0 Å². The number of nitriles is 1. The number of pyridine rings is 1. The molecular formula is C11H13N3O3S. The summed E-state index contributed by atoms with van der Waals surface area (Å²) in [6.45, 7) is 0.516. The lowest BCUT2D eigenvalue weighted by atomic mass is 10.1. The molecule has 1 aliphatic heterocycles. The molecule has 1 N–H and O–H groups in total. The zero-order valence-corrected chi connectivity index (χ0v) is 10.5. The summed E-state index contributed by atoms with van der Waals surface area (Å²) in [6.07, 6.45) is 1.83. The van der Waals surface area contributed by atoms with Gasteiger partial charge in [0, 0.05) is 19.3 Å². The number of hydrogen-bond acceptors (Lipinski definition) is 5. The lowest BCUT2D eigenvalue weighted by molar-refractivity contribution is 0.108. The van der Waals surface area contributed by atoms with Crippen LogP contribution in [0.15, 0.2) is 23.2 Å². The van der Waals surface area contributed by atoms with Gasteiger partial charge in [0.25, 0.3) is 0 Å². The summed E-state index contributed by atoms with van der Waals surface area (Å²) in [4.78, 5) is 3.80. The first-order valence-corrected chi connectivity index (χ1v) is 7.02. The van der Waals surface area contributed by atoms with Gasteiger partial charge >= 0.3 is 0 Å². The van der Waals surface area contributed by atoms with Crippen molar-refractivity contribution in [3.8, 4) is 6.07 Å². The van der Waals surface area contributed by atoms with E-state index < -0.39 is 16.1 Å². The van der Waals surface area contributed by atoms with Crippen LogP contribution in [0.2, 0.25) is 0 Å². The van der Waals surface area contributed by atoms with Gasteiger partial charge in [-0.3, -0.25) is 0 Å². The Morgan fingerprint density at radius 1 is 1.50 bits per heavy atom. The number of aliphatic hydroxyl groups is 1. The minimum absolute atomic E-state index is 0.0515. The van der Waals surface area contributed by atoms with E-state index in [1.54, 1.807) is 0 Å². The van der Waals surface area contributed by atoms with Crippen molar-refractivity contribution in [3.63, 3.8) is 0 Å². The molecule has 0 aliphatic carbocycles. The summed E-state index contributed by atoms with van der Waals surface area (Å²) in [6, 6.07) is 4.56. The molecule has 0 radical (unpaired) electrons. The zero-order valence-electron chi connectivity index (χ0n) is 9.65. The van der Waals surface area contributed by atoms with E-state index in [0.717, 1.165) is 0 Å². The quantitative estimate of drug-likeness (QED) is 0.820. The summed E-state index contributed by atoms with van der Waals surface area (Å²) in [5.74, 6) is 0. The van der Waals surface area contributed by atoms with Crippen LogP contribution in [0.3, 0.4) is 0 Å². The maximum absolute atomic E-state index is 12.2. The molecule has 1 fully saturated rings. The number of aromatic nitrogens is 1. The highest BCUT2D eigenvalue weighted by atomic mass is 32.2. The maximum Gasteiger partial charge on any atom is 0.244 e. The third kappa shape index (κ3) is 2.51. The Hall–Kier alpha value is -1.49. The lowest BCUT2D eigenvalue weighted by Gasteiger charge is -2.29. The monoisotopic (exact) mass is 267 g/mol. The van der Waals surface area contributed by atoms with Crippen LogP contribution in [0.5, 0.6) is 0 Å². The molecule has 0 saturated carbocycles. The van der Waals surface area contributed by atoms with Gasteiger partial charge in [-0.1, -0.05) is 0 Å². The Balaban J connectivity index is 2.27. The largest absolute Gasteiger partial charge is 0.392 e. The Labute approximate surface area is 106 Å². The van der Waals surface area contributed by atoms with E-state index >= 15 is 0 Å². The molecule has 1 aromatic rings. The minimum Gasteiger partial charge on any atom is -0.392 e. The number of piperidine rings is 1. The van der Waals surface area contributed by atoms with Gasteiger partial charge in [0.1, 0.15) is 16.7 Å². The average Bonchev–Trinajstić information content (AvgIpc) is 2.39. The van der Waals surface area contributed by atoms with Crippen LogP contribution in [0.4, 0.5) is 0 Å². The van der Waals surface area contributed by atoms with Gasteiger partial charge in [0.05, 0.1) is 6.10 Å². The Kier molecular flexibility index (Phi) is 3.61. The second kappa shape index (κ2) is 5.02. The molecule has 1 saturated heterocycles. The zero-order chi connectivity index (χ0) is 13.2. The van der Waals surface area contributed by atoms with E-state index in [1.807, 2.05) is 6.07 Å². The number of β-amino-alcohol motifs (C(OH)–C–C–N with tert-alkyl or cyclic N) is 1. The Bertz CT molecular complexity index is 562.